The molecular weight excluding hydrogens is 850 g/mol. The zero-order valence-electron chi connectivity index (χ0n) is 33.6. The number of halogens is 1. The Morgan fingerprint density at radius 3 is 2.11 bits per heavy atom. The van der Waals surface area contributed by atoms with Gasteiger partial charge in [-0.05, 0) is 84.0 Å². The first kappa shape index (κ1) is 46.4. The Balaban J connectivity index is 1.13. The van der Waals surface area contributed by atoms with E-state index in [0.29, 0.717) is 27.9 Å². The minimum absolute atomic E-state index is 0.0573. The van der Waals surface area contributed by atoms with E-state index >= 15 is 0 Å². The van der Waals surface area contributed by atoms with Crippen LogP contribution in [0.4, 0.5) is 10.1 Å². The van der Waals surface area contributed by atoms with E-state index in [4.69, 9.17) is 18.4 Å². The smallest absolute Gasteiger partial charge is 0.311 e. The van der Waals surface area contributed by atoms with Crippen molar-refractivity contribution in [2.75, 3.05) is 23.9 Å². The van der Waals surface area contributed by atoms with Crippen LogP contribution >= 0.6 is 0 Å². The van der Waals surface area contributed by atoms with Crippen molar-refractivity contribution in [1.82, 2.24) is 0 Å². The normalized spacial score (nSPS) is 30.4. The highest BCUT2D eigenvalue weighted by atomic mass is 32.2. The quantitative estimate of drug-likeness (QED) is 0.0552. The third-order valence-corrected chi connectivity index (χ3v) is 12.9. The molecule has 19 heteroatoms. The molecule has 0 radical (unpaired) electrons. The first-order chi connectivity index (χ1) is 30.1. The van der Waals surface area contributed by atoms with Gasteiger partial charge in [-0.25, -0.2) is 4.39 Å². The molecule has 17 nitrogen and oxygen atoms in total. The molecule has 3 aliphatic heterocycles. The third-order valence-electron chi connectivity index (χ3n) is 11.8. The van der Waals surface area contributed by atoms with Crippen LogP contribution < -0.4 is 9.08 Å². The standard InChI is InChI=1S/C44H50FNO16S/c45-27-13-11-23(12-14-27)32(50)16-15-30-31(46(43(30)56)28-6-2-1-3-7-28)18-26-10-9-25(24-5-4-8-29(49)17-24)19-33(26)62-63(57,58)22-36-38(52)40(54)42(35(21-48)59-36)61-44-41(55)39(53)37(51)34(20-47)60-44/h1-14,17,19,30-32,34-42,44,47-55H,15-16,18,20-22H2/t30-,31?,32+,34-,35-,36?,37-,38+,39+,40-,41-,42?,44+/m1/s1. The van der Waals surface area contributed by atoms with Gasteiger partial charge >= 0.3 is 10.1 Å². The van der Waals surface area contributed by atoms with Gasteiger partial charge < -0.3 is 69.3 Å². The number of anilines is 1. The molecule has 3 fully saturated rings. The topological polar surface area (TPSA) is 273 Å². The minimum atomic E-state index is -4.76. The number of aromatic hydroxyl groups is 1. The number of nitrogens with zero attached hydrogens (tertiary/aromatic N) is 1. The number of aliphatic hydroxyl groups is 8. The van der Waals surface area contributed by atoms with E-state index < -0.39 is 114 Å². The van der Waals surface area contributed by atoms with Gasteiger partial charge in [0.05, 0.1) is 31.3 Å². The highest BCUT2D eigenvalue weighted by Crippen LogP contribution is 2.41. The van der Waals surface area contributed by atoms with E-state index in [9.17, 15) is 63.6 Å². The summed E-state index contributed by atoms with van der Waals surface area (Å²) in [6, 6.07) is 24.6. The molecule has 0 aliphatic carbocycles. The summed E-state index contributed by atoms with van der Waals surface area (Å²) in [5, 5.41) is 94.0. The average molecular weight is 900 g/mol. The van der Waals surface area contributed by atoms with Crippen molar-refractivity contribution in [1.29, 1.82) is 0 Å². The molecule has 13 atom stereocenters. The molecule has 0 bridgehead atoms. The second kappa shape index (κ2) is 19.6. The first-order valence-electron chi connectivity index (χ1n) is 20.3. The number of rotatable bonds is 16. The van der Waals surface area contributed by atoms with Crippen LogP contribution in [0.1, 0.15) is 30.1 Å². The zero-order valence-corrected chi connectivity index (χ0v) is 34.4. The molecule has 7 rings (SSSR count). The van der Waals surface area contributed by atoms with E-state index in [-0.39, 0.29) is 36.7 Å². The molecule has 3 saturated heterocycles. The number of ether oxygens (including phenoxy) is 3. The summed E-state index contributed by atoms with van der Waals surface area (Å²) in [6.07, 6.45) is -18.0. The van der Waals surface area contributed by atoms with E-state index in [1.54, 1.807) is 59.5 Å². The van der Waals surface area contributed by atoms with Crippen LogP contribution in [-0.2, 0) is 35.5 Å². The number of phenols is 1. The summed E-state index contributed by atoms with van der Waals surface area (Å²) < 4.78 is 64.0. The summed E-state index contributed by atoms with van der Waals surface area (Å²) >= 11 is 0. The Hall–Kier alpha value is -4.61. The molecule has 1 amide bonds. The van der Waals surface area contributed by atoms with E-state index in [2.05, 4.69) is 0 Å². The van der Waals surface area contributed by atoms with Crippen LogP contribution in [0.15, 0.2) is 97.1 Å². The number of β-lactam (4-membered cyclic amide) rings is 1. The van der Waals surface area contributed by atoms with Crippen molar-refractivity contribution >= 4 is 21.7 Å². The van der Waals surface area contributed by atoms with Crippen LogP contribution in [-0.4, -0.2) is 147 Å². The lowest BCUT2D eigenvalue weighted by Gasteiger charge is -2.48. The van der Waals surface area contributed by atoms with Crippen LogP contribution in [0.3, 0.4) is 0 Å². The fraction of sp³-hybridized carbons (Fsp3) is 0.432. The van der Waals surface area contributed by atoms with Crippen molar-refractivity contribution in [3.8, 4) is 22.6 Å². The van der Waals surface area contributed by atoms with Gasteiger partial charge in [-0.1, -0.05) is 54.6 Å². The number of hydrogen-bond donors (Lipinski definition) is 9. The number of carbonyl (C=O) groups excluding carboxylic acids is 1. The lowest BCUT2D eigenvalue weighted by atomic mass is 9.78. The Bertz CT molecular complexity index is 2290. The maximum atomic E-state index is 14.0. The molecule has 3 unspecified atom stereocenters. The molecule has 340 valence electrons. The van der Waals surface area contributed by atoms with Gasteiger partial charge in [-0.15, -0.1) is 0 Å². The maximum Gasteiger partial charge on any atom is 0.311 e. The lowest BCUT2D eigenvalue weighted by Crippen LogP contribution is -2.65. The molecule has 0 aromatic heterocycles. The predicted octanol–water partition coefficient (Wildman–Crippen LogP) is 0.661. The van der Waals surface area contributed by atoms with E-state index in [1.807, 2.05) is 0 Å². The molecular formula is C44H50FNO16S. The minimum Gasteiger partial charge on any atom is -0.508 e. The molecule has 63 heavy (non-hydrogen) atoms. The molecule has 0 spiro atoms. The summed E-state index contributed by atoms with van der Waals surface area (Å²) in [7, 11) is -4.76. The number of aliphatic hydroxyl groups excluding tert-OH is 8. The number of carbonyl (C=O) groups is 1. The van der Waals surface area contributed by atoms with Crippen molar-refractivity contribution < 1.29 is 82.0 Å². The number of hydrogen-bond acceptors (Lipinski definition) is 16. The third kappa shape index (κ3) is 10.2. The monoisotopic (exact) mass is 899 g/mol. The highest BCUT2D eigenvalue weighted by Gasteiger charge is 2.52. The van der Waals surface area contributed by atoms with Gasteiger partial charge in [-0.3, -0.25) is 4.79 Å². The number of phenolic OH excluding ortho intramolecular Hbond substituents is 1. The lowest BCUT2D eigenvalue weighted by molar-refractivity contribution is -0.341. The van der Waals surface area contributed by atoms with Crippen LogP contribution in [0.5, 0.6) is 11.5 Å². The van der Waals surface area contributed by atoms with Crippen molar-refractivity contribution in [3.05, 3.63) is 114 Å². The molecule has 4 aromatic rings. The van der Waals surface area contributed by atoms with E-state index in [1.165, 1.54) is 42.5 Å². The van der Waals surface area contributed by atoms with Crippen molar-refractivity contribution in [2.24, 2.45) is 5.92 Å². The van der Waals surface area contributed by atoms with Crippen LogP contribution in [0, 0.1) is 11.7 Å². The highest BCUT2D eigenvalue weighted by molar-refractivity contribution is 7.87. The Labute approximate surface area is 361 Å². The predicted molar refractivity (Wildman–Crippen MR) is 220 cm³/mol. The molecule has 3 aliphatic rings. The Morgan fingerprint density at radius 2 is 1.43 bits per heavy atom. The summed E-state index contributed by atoms with van der Waals surface area (Å²) in [5.74, 6) is -2.60. The summed E-state index contributed by atoms with van der Waals surface area (Å²) in [6.45, 7) is -1.67. The van der Waals surface area contributed by atoms with E-state index in [0.717, 1.165) is 0 Å². The Morgan fingerprint density at radius 1 is 0.746 bits per heavy atom. The summed E-state index contributed by atoms with van der Waals surface area (Å²) in [4.78, 5) is 15.4. The molecule has 9 N–H and O–H groups in total. The number of para-hydroxylation sites is 1. The molecule has 0 saturated carbocycles. The van der Waals surface area contributed by atoms with Gasteiger partial charge in [0.2, 0.25) is 5.91 Å². The van der Waals surface area contributed by atoms with Crippen LogP contribution in [0.2, 0.25) is 0 Å². The second-order valence-corrected chi connectivity index (χ2v) is 17.5. The fourth-order valence-electron chi connectivity index (χ4n) is 8.32. The zero-order chi connectivity index (χ0) is 45.2. The van der Waals surface area contributed by atoms with Gasteiger partial charge in [0, 0.05) is 5.69 Å². The number of benzene rings is 4. The fourth-order valence-corrected chi connectivity index (χ4v) is 9.49. The van der Waals surface area contributed by atoms with Crippen LogP contribution in [0.25, 0.3) is 11.1 Å². The maximum absolute atomic E-state index is 14.0. The Kier molecular flexibility index (Phi) is 14.5. The first-order valence-corrected chi connectivity index (χ1v) is 21.9. The molecule has 3 heterocycles. The second-order valence-electron chi connectivity index (χ2n) is 15.9. The molecule has 4 aromatic carbocycles. The largest absolute Gasteiger partial charge is 0.508 e. The number of amides is 1. The van der Waals surface area contributed by atoms with Gasteiger partial charge in [-0.2, -0.15) is 8.42 Å². The van der Waals surface area contributed by atoms with Crippen molar-refractivity contribution in [3.63, 3.8) is 0 Å². The van der Waals surface area contributed by atoms with Gasteiger partial charge in [0.1, 0.15) is 78.0 Å². The van der Waals surface area contributed by atoms with Gasteiger partial charge in [0.25, 0.3) is 0 Å². The summed E-state index contributed by atoms with van der Waals surface area (Å²) in [5.41, 5.74) is 2.36. The van der Waals surface area contributed by atoms with Crippen molar-refractivity contribution in [2.45, 2.75) is 92.6 Å². The van der Waals surface area contributed by atoms with Gasteiger partial charge in [0.15, 0.2) is 6.29 Å². The SMILES string of the molecule is O=C1[C@H](CC[C@H](O)c2ccc(F)cc2)C(Cc2ccc(-c3cccc(O)c3)cc2OS(=O)(=O)CC2O[C@H](CO)C(O[C@@H]3O[C@H](CO)[C@@H](O)[C@H](O)[C@H]3O)[C@H](O)[C@H]2O)N1c1ccccc1. The average Bonchev–Trinajstić information content (AvgIpc) is 3.26.